The van der Waals surface area contributed by atoms with Crippen LogP contribution >= 0.6 is 0 Å². The number of benzene rings is 1. The molecule has 2 rings (SSSR count). The van der Waals surface area contributed by atoms with Crippen molar-refractivity contribution < 1.29 is 22.3 Å². The molecule has 7 heteroatoms. The average molecular weight is 301 g/mol. The van der Waals surface area contributed by atoms with Gasteiger partial charge in [-0.05, 0) is 37.1 Å². The monoisotopic (exact) mass is 301 g/mol. The number of ether oxygens (including phenoxy) is 1. The summed E-state index contributed by atoms with van der Waals surface area (Å²) in [4.78, 5) is 12.1. The Kier molecular flexibility index (Phi) is 4.10. The van der Waals surface area contributed by atoms with Crippen molar-refractivity contribution in [1.29, 1.82) is 0 Å². The predicted molar refractivity (Wildman–Crippen MR) is 70.4 cm³/mol. The minimum Gasteiger partial charge on any atom is -0.381 e. The van der Waals surface area contributed by atoms with Gasteiger partial charge in [-0.15, -0.1) is 0 Å². The highest BCUT2D eigenvalue weighted by Crippen LogP contribution is 2.35. The van der Waals surface area contributed by atoms with Crippen LogP contribution in [0.5, 0.6) is 0 Å². The SMILES string of the molecule is CNC(=O)C1(S(=O)(=O)c2ccc(F)cc2)CCOCC1. The smallest absolute Gasteiger partial charge is 0.241 e. The number of hydrogen-bond donors (Lipinski definition) is 1. The van der Waals surface area contributed by atoms with E-state index in [1.54, 1.807) is 0 Å². The first kappa shape index (κ1) is 14.9. The van der Waals surface area contributed by atoms with Gasteiger partial charge in [0, 0.05) is 20.3 Å². The molecular formula is C13H16FNO4S. The second-order valence-electron chi connectivity index (χ2n) is 4.64. The molecule has 0 radical (unpaired) electrons. The number of hydrogen-bond acceptors (Lipinski definition) is 4. The molecule has 0 unspecified atom stereocenters. The highest BCUT2D eigenvalue weighted by molar-refractivity contribution is 7.93. The third kappa shape index (κ3) is 2.31. The van der Waals surface area contributed by atoms with E-state index in [1.165, 1.54) is 19.2 Å². The summed E-state index contributed by atoms with van der Waals surface area (Å²) in [6.07, 6.45) is 0.179. The van der Waals surface area contributed by atoms with Gasteiger partial charge in [-0.25, -0.2) is 12.8 Å². The van der Waals surface area contributed by atoms with Crippen LogP contribution in [0, 0.1) is 5.82 Å². The Morgan fingerprint density at radius 1 is 1.25 bits per heavy atom. The number of sulfone groups is 1. The van der Waals surface area contributed by atoms with Crippen LogP contribution < -0.4 is 5.32 Å². The Morgan fingerprint density at radius 2 is 1.80 bits per heavy atom. The van der Waals surface area contributed by atoms with Crippen molar-refractivity contribution in [2.24, 2.45) is 0 Å². The first-order chi connectivity index (χ1) is 9.44. The Bertz CT molecular complexity index is 591. The Morgan fingerprint density at radius 3 is 2.30 bits per heavy atom. The highest BCUT2D eigenvalue weighted by atomic mass is 32.2. The van der Waals surface area contributed by atoms with Gasteiger partial charge in [0.05, 0.1) is 4.90 Å². The number of rotatable bonds is 3. The van der Waals surface area contributed by atoms with E-state index < -0.39 is 26.3 Å². The molecule has 0 aromatic heterocycles. The predicted octanol–water partition coefficient (Wildman–Crippen LogP) is 0.895. The molecule has 1 amide bonds. The molecule has 110 valence electrons. The van der Waals surface area contributed by atoms with Gasteiger partial charge in [0.2, 0.25) is 5.91 Å². The molecule has 0 bridgehead atoms. The largest absolute Gasteiger partial charge is 0.381 e. The third-order valence-electron chi connectivity index (χ3n) is 3.58. The van der Waals surface area contributed by atoms with Crippen molar-refractivity contribution >= 4 is 15.7 Å². The van der Waals surface area contributed by atoms with Crippen LogP contribution in [0.4, 0.5) is 4.39 Å². The molecule has 1 aromatic rings. The van der Waals surface area contributed by atoms with Crippen molar-refractivity contribution in [3.8, 4) is 0 Å². The summed E-state index contributed by atoms with van der Waals surface area (Å²) in [6.45, 7) is 0.404. The van der Waals surface area contributed by atoms with Gasteiger partial charge in [-0.2, -0.15) is 0 Å². The van der Waals surface area contributed by atoms with Crippen molar-refractivity contribution in [1.82, 2.24) is 5.32 Å². The van der Waals surface area contributed by atoms with Crippen molar-refractivity contribution in [3.63, 3.8) is 0 Å². The highest BCUT2D eigenvalue weighted by Gasteiger charge is 2.51. The fraction of sp³-hybridized carbons (Fsp3) is 0.462. The second kappa shape index (κ2) is 5.49. The molecule has 1 N–H and O–H groups in total. The molecule has 20 heavy (non-hydrogen) atoms. The molecular weight excluding hydrogens is 285 g/mol. The number of amides is 1. The van der Waals surface area contributed by atoms with E-state index in [2.05, 4.69) is 5.32 Å². The van der Waals surface area contributed by atoms with Crippen molar-refractivity contribution in [2.75, 3.05) is 20.3 Å². The summed E-state index contributed by atoms with van der Waals surface area (Å²) in [7, 11) is -2.51. The fourth-order valence-electron chi connectivity index (χ4n) is 2.39. The van der Waals surface area contributed by atoms with Gasteiger partial charge in [0.15, 0.2) is 14.6 Å². The minimum absolute atomic E-state index is 0.0515. The third-order valence-corrected chi connectivity index (χ3v) is 6.09. The normalized spacial score (nSPS) is 18.5. The number of carbonyl (C=O) groups excluding carboxylic acids is 1. The van der Waals surface area contributed by atoms with Crippen molar-refractivity contribution in [2.45, 2.75) is 22.5 Å². The standard InChI is InChI=1S/C13H16FNO4S/c1-15-12(16)13(6-8-19-9-7-13)20(17,18)11-4-2-10(14)3-5-11/h2-5H,6-9H2,1H3,(H,15,16). The van der Waals surface area contributed by atoms with E-state index in [0.29, 0.717) is 0 Å². The van der Waals surface area contributed by atoms with Crippen LogP contribution in [0.15, 0.2) is 29.2 Å². The maximum Gasteiger partial charge on any atom is 0.241 e. The maximum absolute atomic E-state index is 12.9. The molecule has 1 aromatic carbocycles. The summed E-state index contributed by atoms with van der Waals surface area (Å²) in [6, 6.07) is 4.52. The van der Waals surface area contributed by atoms with Crippen LogP contribution in [0.3, 0.4) is 0 Å². The number of halogens is 1. The van der Waals surface area contributed by atoms with Crippen molar-refractivity contribution in [3.05, 3.63) is 30.1 Å². The lowest BCUT2D eigenvalue weighted by molar-refractivity contribution is -0.125. The zero-order chi connectivity index (χ0) is 14.8. The molecule has 1 aliphatic rings. The lowest BCUT2D eigenvalue weighted by Crippen LogP contribution is -2.54. The minimum atomic E-state index is -3.91. The second-order valence-corrected chi connectivity index (χ2v) is 6.90. The Balaban J connectivity index is 2.52. The van der Waals surface area contributed by atoms with Gasteiger partial charge in [0.25, 0.3) is 0 Å². The molecule has 1 aliphatic heterocycles. The van der Waals surface area contributed by atoms with Gasteiger partial charge < -0.3 is 10.1 Å². The summed E-state index contributed by atoms with van der Waals surface area (Å²) in [5.41, 5.74) is 0. The van der Waals surface area contributed by atoms with Gasteiger partial charge >= 0.3 is 0 Å². The van der Waals surface area contributed by atoms with Crippen LogP contribution in [0.1, 0.15) is 12.8 Å². The van der Waals surface area contributed by atoms with Crippen LogP contribution in [0.25, 0.3) is 0 Å². The summed E-state index contributed by atoms with van der Waals surface area (Å²) in [5, 5.41) is 2.42. The zero-order valence-corrected chi connectivity index (χ0v) is 11.9. The van der Waals surface area contributed by atoms with Gasteiger partial charge in [-0.1, -0.05) is 0 Å². The lowest BCUT2D eigenvalue weighted by atomic mass is 9.98. The quantitative estimate of drug-likeness (QED) is 0.842. The summed E-state index contributed by atoms with van der Waals surface area (Å²) < 4.78 is 42.1. The van der Waals surface area contributed by atoms with Crippen LogP contribution in [0.2, 0.25) is 0 Å². The Hall–Kier alpha value is -1.47. The molecule has 0 saturated carbocycles. The van der Waals surface area contributed by atoms with E-state index in [9.17, 15) is 17.6 Å². The first-order valence-electron chi connectivity index (χ1n) is 6.24. The Labute approximate surface area is 117 Å². The molecule has 5 nitrogen and oxygen atoms in total. The average Bonchev–Trinajstić information content (AvgIpc) is 2.47. The molecule has 1 heterocycles. The van der Waals surface area contributed by atoms with Gasteiger partial charge in [-0.3, -0.25) is 4.79 Å². The van der Waals surface area contributed by atoms with Crippen LogP contribution in [-0.4, -0.2) is 39.3 Å². The molecule has 0 spiro atoms. The van der Waals surface area contributed by atoms with E-state index >= 15 is 0 Å². The van der Waals surface area contributed by atoms with E-state index in [1.807, 2.05) is 0 Å². The first-order valence-corrected chi connectivity index (χ1v) is 7.72. The molecule has 1 saturated heterocycles. The maximum atomic E-state index is 12.9. The molecule has 1 fully saturated rings. The lowest BCUT2D eigenvalue weighted by Gasteiger charge is -2.34. The molecule has 0 atom stereocenters. The van der Waals surface area contributed by atoms with Gasteiger partial charge in [0.1, 0.15) is 5.82 Å². The summed E-state index contributed by atoms with van der Waals surface area (Å²) in [5.74, 6) is -1.07. The number of carbonyl (C=O) groups is 1. The van der Waals surface area contributed by atoms with Crippen LogP contribution in [-0.2, 0) is 19.4 Å². The summed E-state index contributed by atoms with van der Waals surface area (Å²) >= 11 is 0. The fourth-order valence-corrected chi connectivity index (χ4v) is 4.38. The number of nitrogens with one attached hydrogen (secondary N) is 1. The van der Waals surface area contributed by atoms with E-state index in [-0.39, 0.29) is 31.0 Å². The van der Waals surface area contributed by atoms with E-state index in [0.717, 1.165) is 12.1 Å². The van der Waals surface area contributed by atoms with E-state index in [4.69, 9.17) is 4.74 Å². The zero-order valence-electron chi connectivity index (χ0n) is 11.1. The topological polar surface area (TPSA) is 72.5 Å². The molecule has 0 aliphatic carbocycles.